The molecule has 208 valence electrons. The van der Waals surface area contributed by atoms with Crippen LogP contribution in [0.5, 0.6) is 0 Å². The van der Waals surface area contributed by atoms with Crippen molar-refractivity contribution >= 4 is 8.25 Å². The van der Waals surface area contributed by atoms with Crippen molar-refractivity contribution in [1.29, 1.82) is 0 Å². The van der Waals surface area contributed by atoms with Gasteiger partial charge in [0.05, 0.1) is 13.2 Å². The van der Waals surface area contributed by atoms with Gasteiger partial charge in [-0.05, 0) is 22.3 Å². The van der Waals surface area contributed by atoms with Crippen LogP contribution in [0.4, 0.5) is 0 Å². The van der Waals surface area contributed by atoms with Crippen molar-refractivity contribution in [2.24, 2.45) is 0 Å². The second-order valence-corrected chi connectivity index (χ2v) is 10.1. The summed E-state index contributed by atoms with van der Waals surface area (Å²) in [5, 5.41) is 3.76. The Morgan fingerprint density at radius 1 is 0.425 bits per heavy atom. The monoisotopic (exact) mass is 559 g/mol. The Labute approximate surface area is 237 Å². The van der Waals surface area contributed by atoms with Gasteiger partial charge in [-0.3, -0.25) is 9.68 Å². The van der Waals surface area contributed by atoms with Crippen molar-refractivity contribution in [1.82, 2.24) is 10.1 Å². The predicted molar refractivity (Wildman–Crippen MR) is 156 cm³/mol. The van der Waals surface area contributed by atoms with Crippen LogP contribution in [0.15, 0.2) is 121 Å². The minimum Gasteiger partial charge on any atom is -0.296 e. The Bertz CT molecular complexity index is 1050. The highest BCUT2D eigenvalue weighted by Crippen LogP contribution is 2.23. The minimum atomic E-state index is -2.28. The van der Waals surface area contributed by atoms with Gasteiger partial charge in [0.1, 0.15) is 13.2 Å². The number of nitrogens with zero attached hydrogens (tertiary/aromatic N) is 2. The normalized spacial score (nSPS) is 11.2. The molecule has 0 spiro atoms. The van der Waals surface area contributed by atoms with Gasteiger partial charge >= 0.3 is 8.25 Å². The molecule has 8 heteroatoms. The van der Waals surface area contributed by atoms with E-state index in [0.717, 1.165) is 22.3 Å². The molecule has 0 bridgehead atoms. The molecule has 0 aromatic heterocycles. The Balaban J connectivity index is 1.16. The Kier molecular flexibility index (Phi) is 13.0. The standard InChI is InChI=1S/C32H36N2O5P/c35-40(38-23-21-36-33(25-29-13-5-1-6-14-29)26-30-15-7-2-8-16-30)39-24-22-37-34(27-31-17-9-3-10-18-31)28-32-19-11-4-12-20-32/h1-20H,21-28H2/q+1. The van der Waals surface area contributed by atoms with Crippen LogP contribution in [-0.4, -0.2) is 36.6 Å². The summed E-state index contributed by atoms with van der Waals surface area (Å²) in [5.41, 5.74) is 4.56. The van der Waals surface area contributed by atoms with E-state index in [1.165, 1.54) is 0 Å². The lowest BCUT2D eigenvalue weighted by atomic mass is 10.2. The minimum absolute atomic E-state index is 0.143. The highest BCUT2D eigenvalue weighted by molar-refractivity contribution is 7.33. The summed E-state index contributed by atoms with van der Waals surface area (Å²) in [6.45, 7) is 3.28. The maximum absolute atomic E-state index is 12.3. The van der Waals surface area contributed by atoms with Crippen molar-refractivity contribution in [2.75, 3.05) is 26.4 Å². The van der Waals surface area contributed by atoms with Crippen LogP contribution in [0.25, 0.3) is 0 Å². The van der Waals surface area contributed by atoms with Crippen LogP contribution in [0.3, 0.4) is 0 Å². The number of hydrogen-bond donors (Lipinski definition) is 0. The first-order chi connectivity index (χ1) is 19.7. The smallest absolute Gasteiger partial charge is 0.296 e. The molecular weight excluding hydrogens is 523 g/mol. The van der Waals surface area contributed by atoms with Crippen LogP contribution in [-0.2, 0) is 49.5 Å². The fraction of sp³-hybridized carbons (Fsp3) is 0.250. The molecule has 0 atom stereocenters. The molecule has 0 unspecified atom stereocenters. The first-order valence-corrected chi connectivity index (χ1v) is 14.5. The molecule has 7 nitrogen and oxygen atoms in total. The highest BCUT2D eigenvalue weighted by Gasteiger charge is 2.21. The molecule has 0 aliphatic rings. The maximum Gasteiger partial charge on any atom is 0.697 e. The van der Waals surface area contributed by atoms with Gasteiger partial charge < -0.3 is 0 Å². The average molecular weight is 560 g/mol. The first-order valence-electron chi connectivity index (χ1n) is 13.4. The van der Waals surface area contributed by atoms with E-state index in [9.17, 15) is 4.57 Å². The van der Waals surface area contributed by atoms with Gasteiger partial charge in [-0.1, -0.05) is 121 Å². The molecule has 4 aromatic carbocycles. The van der Waals surface area contributed by atoms with E-state index >= 15 is 0 Å². The first kappa shape index (κ1) is 29.7. The van der Waals surface area contributed by atoms with E-state index in [1.54, 1.807) is 0 Å². The number of rotatable bonds is 18. The summed E-state index contributed by atoms with van der Waals surface area (Å²) in [4.78, 5) is 11.9. The van der Waals surface area contributed by atoms with E-state index in [1.807, 2.05) is 82.9 Å². The zero-order valence-electron chi connectivity index (χ0n) is 22.6. The number of benzene rings is 4. The Hall–Kier alpha value is -3.26. The molecule has 0 aliphatic carbocycles. The van der Waals surface area contributed by atoms with E-state index in [0.29, 0.717) is 26.2 Å². The molecule has 4 aromatic rings. The van der Waals surface area contributed by atoms with Crippen LogP contribution in [0, 0.1) is 0 Å². The predicted octanol–water partition coefficient (Wildman–Crippen LogP) is 6.95. The second-order valence-electron chi connectivity index (χ2n) is 9.09. The third-order valence-corrected chi connectivity index (χ3v) is 6.70. The van der Waals surface area contributed by atoms with Crippen molar-refractivity contribution in [3.63, 3.8) is 0 Å². The lowest BCUT2D eigenvalue weighted by molar-refractivity contribution is -0.181. The van der Waals surface area contributed by atoms with Crippen molar-refractivity contribution in [3.05, 3.63) is 144 Å². The van der Waals surface area contributed by atoms with E-state index in [4.69, 9.17) is 18.7 Å². The van der Waals surface area contributed by atoms with Gasteiger partial charge in [0.15, 0.2) is 0 Å². The van der Waals surface area contributed by atoms with E-state index < -0.39 is 8.25 Å². The summed E-state index contributed by atoms with van der Waals surface area (Å²) in [5.74, 6) is 0. The van der Waals surface area contributed by atoms with Gasteiger partial charge in [-0.25, -0.2) is 0 Å². The lowest BCUT2D eigenvalue weighted by Gasteiger charge is -2.22. The van der Waals surface area contributed by atoms with E-state index in [-0.39, 0.29) is 26.4 Å². The highest BCUT2D eigenvalue weighted by atomic mass is 31.1. The SMILES string of the molecule is O=[P+](OCCON(Cc1ccccc1)Cc1ccccc1)OCCON(Cc1ccccc1)Cc1ccccc1. The average Bonchev–Trinajstić information content (AvgIpc) is 2.99. The van der Waals surface area contributed by atoms with Crippen molar-refractivity contribution in [2.45, 2.75) is 26.2 Å². The summed E-state index contributed by atoms with van der Waals surface area (Å²) in [6.07, 6.45) is 0. The largest absolute Gasteiger partial charge is 0.697 e. The zero-order valence-corrected chi connectivity index (χ0v) is 23.5. The topological polar surface area (TPSA) is 60.5 Å². The quantitative estimate of drug-likeness (QED) is 0.0743. The van der Waals surface area contributed by atoms with Crippen LogP contribution in [0.1, 0.15) is 22.3 Å². The fourth-order valence-electron chi connectivity index (χ4n) is 4.04. The van der Waals surface area contributed by atoms with Gasteiger partial charge in [0.25, 0.3) is 0 Å². The molecular formula is C32H36N2O5P+. The van der Waals surface area contributed by atoms with Crippen molar-refractivity contribution < 1.29 is 23.3 Å². The molecule has 0 aliphatic heterocycles. The molecule has 4 rings (SSSR count). The number of hydroxylamine groups is 4. The molecule has 0 N–H and O–H groups in total. The summed E-state index contributed by atoms with van der Waals surface area (Å²) in [6, 6.07) is 40.5. The molecule has 0 heterocycles. The second kappa shape index (κ2) is 17.4. The van der Waals surface area contributed by atoms with E-state index in [2.05, 4.69) is 48.5 Å². The Morgan fingerprint density at radius 2 is 0.700 bits per heavy atom. The number of hydrogen-bond acceptors (Lipinski definition) is 7. The third-order valence-electron chi connectivity index (χ3n) is 5.91. The molecule has 40 heavy (non-hydrogen) atoms. The zero-order chi connectivity index (χ0) is 27.7. The molecule has 0 amide bonds. The molecule has 0 saturated heterocycles. The Morgan fingerprint density at radius 3 is 0.975 bits per heavy atom. The lowest BCUT2D eigenvalue weighted by Crippen LogP contribution is -2.25. The molecule has 0 saturated carbocycles. The van der Waals surface area contributed by atoms with Crippen LogP contribution in [0.2, 0.25) is 0 Å². The van der Waals surface area contributed by atoms with Crippen LogP contribution >= 0.6 is 8.25 Å². The van der Waals surface area contributed by atoms with Gasteiger partial charge in [0, 0.05) is 30.7 Å². The van der Waals surface area contributed by atoms with Gasteiger partial charge in [0.2, 0.25) is 0 Å². The summed E-state index contributed by atoms with van der Waals surface area (Å²) in [7, 11) is -2.28. The van der Waals surface area contributed by atoms with Gasteiger partial charge in [-0.15, -0.1) is 9.05 Å². The maximum atomic E-state index is 12.3. The van der Waals surface area contributed by atoms with Crippen LogP contribution < -0.4 is 0 Å². The molecule has 0 fully saturated rings. The fourth-order valence-corrected chi connectivity index (χ4v) is 4.56. The third kappa shape index (κ3) is 11.5. The molecule has 0 radical (unpaired) electrons. The van der Waals surface area contributed by atoms with Gasteiger partial charge in [-0.2, -0.15) is 10.1 Å². The summed E-state index contributed by atoms with van der Waals surface area (Å²) >= 11 is 0. The van der Waals surface area contributed by atoms with Crippen molar-refractivity contribution in [3.8, 4) is 0 Å². The summed E-state index contributed by atoms with van der Waals surface area (Å²) < 4.78 is 23.0.